The summed E-state index contributed by atoms with van der Waals surface area (Å²) in [6.07, 6.45) is 0.722. The first-order valence-electron chi connectivity index (χ1n) is 10.1. The highest BCUT2D eigenvalue weighted by Crippen LogP contribution is 2.29. The summed E-state index contributed by atoms with van der Waals surface area (Å²) in [6, 6.07) is 0.833. The van der Waals surface area contributed by atoms with Gasteiger partial charge in [0, 0.05) is 0 Å². The van der Waals surface area contributed by atoms with Crippen LogP contribution in [0.3, 0.4) is 0 Å². The van der Waals surface area contributed by atoms with Gasteiger partial charge in [-0.2, -0.15) is 9.97 Å². The highest BCUT2D eigenvalue weighted by atomic mass is 32.2. The highest BCUT2D eigenvalue weighted by molar-refractivity contribution is 8.00. The van der Waals surface area contributed by atoms with E-state index in [4.69, 9.17) is 14.2 Å². The van der Waals surface area contributed by atoms with E-state index in [0.717, 1.165) is 6.42 Å². The van der Waals surface area contributed by atoms with Gasteiger partial charge in [0.2, 0.25) is 17.7 Å². The number of hydrogen-bond acceptors (Lipinski definition) is 8. The van der Waals surface area contributed by atoms with Gasteiger partial charge in [-0.05, 0) is 32.6 Å². The molecule has 0 bridgehead atoms. The van der Waals surface area contributed by atoms with Crippen LogP contribution in [-0.4, -0.2) is 53.0 Å². The number of ether oxygens (including phenoxy) is 3. The molecular weight excluding hydrogens is 406 g/mol. The fourth-order valence-corrected chi connectivity index (χ4v) is 3.48. The fraction of sp³-hybridized carbons (Fsp3) is 0.714. The molecule has 0 saturated heterocycles. The number of hydrogen-bond donors (Lipinski definition) is 1. The Kier molecular flexibility index (Phi) is 9.87. The van der Waals surface area contributed by atoms with E-state index in [-0.39, 0.29) is 17.7 Å². The Morgan fingerprint density at radius 1 is 1.10 bits per heavy atom. The number of esters is 1. The molecule has 1 rings (SSSR count). The van der Waals surface area contributed by atoms with Gasteiger partial charge >= 0.3 is 5.97 Å². The molecule has 1 aromatic heterocycles. The molecule has 3 unspecified atom stereocenters. The summed E-state index contributed by atoms with van der Waals surface area (Å²) >= 11 is 1.20. The minimum atomic E-state index is -0.732. The zero-order valence-corrected chi connectivity index (χ0v) is 20.3. The molecule has 9 heteroatoms. The van der Waals surface area contributed by atoms with Crippen molar-refractivity contribution in [3.05, 3.63) is 6.07 Å². The van der Waals surface area contributed by atoms with Crippen LogP contribution >= 0.6 is 11.8 Å². The van der Waals surface area contributed by atoms with Crippen molar-refractivity contribution in [2.45, 2.75) is 76.9 Å². The van der Waals surface area contributed by atoms with Gasteiger partial charge in [0.25, 0.3) is 0 Å². The lowest BCUT2D eigenvalue weighted by Crippen LogP contribution is -2.51. The standard InChI is InChI=1S/C21H35N3O5S/c1-10-13(4)16(19(26)29-21(5,6)7)24-18(25)17(12(2)3)30-20-22-14(27-8)11-15(23-20)28-9/h11-13,16-17H,10H2,1-9H3,(H,24,25). The van der Waals surface area contributed by atoms with E-state index in [1.165, 1.54) is 26.0 Å². The van der Waals surface area contributed by atoms with E-state index in [0.29, 0.717) is 16.9 Å². The number of methoxy groups -OCH3 is 2. The molecule has 30 heavy (non-hydrogen) atoms. The van der Waals surface area contributed by atoms with Gasteiger partial charge in [0.1, 0.15) is 11.6 Å². The molecule has 0 aliphatic rings. The van der Waals surface area contributed by atoms with Crippen LogP contribution in [-0.2, 0) is 14.3 Å². The van der Waals surface area contributed by atoms with E-state index >= 15 is 0 Å². The molecule has 0 radical (unpaired) electrons. The molecule has 0 aliphatic carbocycles. The second kappa shape index (κ2) is 11.4. The predicted molar refractivity (Wildman–Crippen MR) is 117 cm³/mol. The molecule has 0 aliphatic heterocycles. The van der Waals surface area contributed by atoms with Crippen molar-refractivity contribution in [3.63, 3.8) is 0 Å². The minimum absolute atomic E-state index is 0.0352. The third-order valence-electron chi connectivity index (χ3n) is 4.34. The van der Waals surface area contributed by atoms with E-state index in [1.807, 2.05) is 27.7 Å². The number of aromatic nitrogens is 2. The highest BCUT2D eigenvalue weighted by Gasteiger charge is 2.34. The molecule has 1 amide bonds. The monoisotopic (exact) mass is 441 g/mol. The first-order valence-corrected chi connectivity index (χ1v) is 11.0. The van der Waals surface area contributed by atoms with E-state index in [2.05, 4.69) is 15.3 Å². The summed E-state index contributed by atoms with van der Waals surface area (Å²) < 4.78 is 15.9. The lowest BCUT2D eigenvalue weighted by atomic mass is 9.98. The molecule has 0 fully saturated rings. The van der Waals surface area contributed by atoms with Crippen molar-refractivity contribution in [3.8, 4) is 11.8 Å². The van der Waals surface area contributed by atoms with Gasteiger partial charge in [0.05, 0.1) is 25.5 Å². The maximum atomic E-state index is 13.1. The van der Waals surface area contributed by atoms with Crippen LogP contribution in [0.15, 0.2) is 11.2 Å². The average Bonchev–Trinajstić information content (AvgIpc) is 2.67. The number of amides is 1. The number of carbonyl (C=O) groups excluding carboxylic acids is 2. The van der Waals surface area contributed by atoms with Crippen LogP contribution in [0.5, 0.6) is 11.8 Å². The third kappa shape index (κ3) is 8.01. The topological polar surface area (TPSA) is 99.6 Å². The summed E-state index contributed by atoms with van der Waals surface area (Å²) in [5.74, 6) is -0.118. The largest absolute Gasteiger partial charge is 0.481 e. The van der Waals surface area contributed by atoms with Gasteiger partial charge in [-0.1, -0.05) is 45.9 Å². The zero-order valence-electron chi connectivity index (χ0n) is 19.4. The molecule has 8 nitrogen and oxygen atoms in total. The lowest BCUT2D eigenvalue weighted by Gasteiger charge is -2.29. The Bertz CT molecular complexity index is 699. The summed E-state index contributed by atoms with van der Waals surface area (Å²) in [5.41, 5.74) is -0.634. The molecule has 3 atom stereocenters. The summed E-state index contributed by atoms with van der Waals surface area (Å²) in [7, 11) is 3.00. The smallest absolute Gasteiger partial charge is 0.329 e. The molecule has 0 saturated carbocycles. The number of carbonyl (C=O) groups is 2. The second-order valence-corrected chi connectivity index (χ2v) is 9.53. The number of thioether (sulfide) groups is 1. The first kappa shape index (κ1) is 26.0. The van der Waals surface area contributed by atoms with Crippen molar-refractivity contribution in [1.82, 2.24) is 15.3 Å². The van der Waals surface area contributed by atoms with Gasteiger partial charge < -0.3 is 19.5 Å². The van der Waals surface area contributed by atoms with Crippen LogP contribution in [0.1, 0.15) is 54.9 Å². The van der Waals surface area contributed by atoms with Crippen LogP contribution in [0, 0.1) is 11.8 Å². The summed E-state index contributed by atoms with van der Waals surface area (Å²) in [4.78, 5) is 34.4. The average molecular weight is 442 g/mol. The first-order chi connectivity index (χ1) is 13.9. The van der Waals surface area contributed by atoms with E-state index < -0.39 is 22.9 Å². The second-order valence-electron chi connectivity index (χ2n) is 8.42. The van der Waals surface area contributed by atoms with Gasteiger partial charge in [-0.3, -0.25) is 4.79 Å². The van der Waals surface area contributed by atoms with Crippen molar-refractivity contribution < 1.29 is 23.8 Å². The van der Waals surface area contributed by atoms with Crippen molar-refractivity contribution in [2.24, 2.45) is 11.8 Å². The Morgan fingerprint density at radius 3 is 2.03 bits per heavy atom. The molecule has 170 valence electrons. The quantitative estimate of drug-likeness (QED) is 0.335. The number of nitrogens with one attached hydrogen (secondary N) is 1. The SMILES string of the molecule is CCC(C)C(NC(=O)C(Sc1nc(OC)cc(OC)n1)C(C)C)C(=O)OC(C)(C)C. The van der Waals surface area contributed by atoms with Crippen LogP contribution in [0.4, 0.5) is 0 Å². The van der Waals surface area contributed by atoms with Crippen LogP contribution < -0.4 is 14.8 Å². The predicted octanol–water partition coefficient (Wildman–Crippen LogP) is 3.48. The van der Waals surface area contributed by atoms with Gasteiger partial charge in [0.15, 0.2) is 5.16 Å². The fourth-order valence-electron chi connectivity index (χ4n) is 2.52. The molecule has 1 N–H and O–H groups in total. The minimum Gasteiger partial charge on any atom is -0.481 e. The number of rotatable bonds is 10. The van der Waals surface area contributed by atoms with Crippen LogP contribution in [0.2, 0.25) is 0 Å². The molecule has 1 heterocycles. The van der Waals surface area contributed by atoms with Crippen molar-refractivity contribution >= 4 is 23.6 Å². The molecule has 1 aromatic rings. The maximum Gasteiger partial charge on any atom is 0.329 e. The Balaban J connectivity index is 3.08. The van der Waals surface area contributed by atoms with Gasteiger partial charge in [-0.25, -0.2) is 4.79 Å². The van der Waals surface area contributed by atoms with E-state index in [9.17, 15) is 9.59 Å². The Hall–Kier alpha value is -2.03. The molecule has 0 spiro atoms. The Labute approximate surface area is 183 Å². The maximum absolute atomic E-state index is 13.1. The Morgan fingerprint density at radius 2 is 1.63 bits per heavy atom. The summed E-state index contributed by atoms with van der Waals surface area (Å²) in [6.45, 7) is 13.2. The zero-order chi connectivity index (χ0) is 23.1. The van der Waals surface area contributed by atoms with Crippen molar-refractivity contribution in [2.75, 3.05) is 14.2 Å². The molecule has 0 aromatic carbocycles. The van der Waals surface area contributed by atoms with Crippen LogP contribution in [0.25, 0.3) is 0 Å². The van der Waals surface area contributed by atoms with Gasteiger partial charge in [-0.15, -0.1) is 0 Å². The summed E-state index contributed by atoms with van der Waals surface area (Å²) in [5, 5.41) is 2.74. The lowest BCUT2D eigenvalue weighted by molar-refractivity contribution is -0.160. The van der Waals surface area contributed by atoms with E-state index in [1.54, 1.807) is 26.8 Å². The third-order valence-corrected chi connectivity index (χ3v) is 5.75. The number of nitrogens with zero attached hydrogens (tertiary/aromatic N) is 2. The normalized spacial score (nSPS) is 14.6. The van der Waals surface area contributed by atoms with Crippen molar-refractivity contribution in [1.29, 1.82) is 0 Å². The molecular formula is C21H35N3O5S.